The summed E-state index contributed by atoms with van der Waals surface area (Å²) in [4.78, 5) is 63.6. The van der Waals surface area contributed by atoms with Crippen LogP contribution in [0.2, 0.25) is 0 Å². The van der Waals surface area contributed by atoms with E-state index >= 15 is 0 Å². The Morgan fingerprint density at radius 2 is 1.69 bits per heavy atom. The number of aryl methyl sites for hydroxylation is 1. The first-order valence-corrected chi connectivity index (χ1v) is 13.1. The molecule has 0 atom stereocenters. The average Bonchev–Trinajstić information content (AvgIpc) is 3.47. The van der Waals surface area contributed by atoms with Gasteiger partial charge in [0.25, 0.3) is 5.91 Å². The van der Waals surface area contributed by atoms with Gasteiger partial charge >= 0.3 is 29.3 Å². The third-order valence-electron chi connectivity index (χ3n) is 6.78. The molecule has 0 aliphatic rings. The molecule has 2 aromatic heterocycles. The number of halogens is 3. The monoisotopic (exact) mass is 620 g/mol. The van der Waals surface area contributed by atoms with Gasteiger partial charge in [0.2, 0.25) is 0 Å². The van der Waals surface area contributed by atoms with Gasteiger partial charge in [-0.3, -0.25) is 19.8 Å². The Bertz CT molecular complexity index is 2080. The van der Waals surface area contributed by atoms with Gasteiger partial charge in [-0.2, -0.15) is 13.2 Å². The highest BCUT2D eigenvalue weighted by atomic mass is 19.4. The lowest BCUT2D eigenvalue weighted by atomic mass is 10.1. The first-order valence-electron chi connectivity index (χ1n) is 13.1. The number of fused-ring (bicyclic) bond motifs is 1. The van der Waals surface area contributed by atoms with Crippen molar-refractivity contribution in [2.75, 3.05) is 10.7 Å². The lowest BCUT2D eigenvalue weighted by Gasteiger charge is -2.18. The van der Waals surface area contributed by atoms with Crippen LogP contribution in [0.4, 0.5) is 23.7 Å². The van der Waals surface area contributed by atoms with Gasteiger partial charge < -0.3 is 25.3 Å². The van der Waals surface area contributed by atoms with Gasteiger partial charge in [0.15, 0.2) is 0 Å². The van der Waals surface area contributed by atoms with E-state index in [4.69, 9.17) is 5.11 Å². The molecule has 0 saturated carbocycles. The van der Waals surface area contributed by atoms with E-state index in [-0.39, 0.29) is 28.7 Å². The van der Waals surface area contributed by atoms with Crippen LogP contribution in [0.15, 0.2) is 88.7 Å². The van der Waals surface area contributed by atoms with E-state index in [1.165, 1.54) is 48.8 Å². The van der Waals surface area contributed by atoms with Crippen molar-refractivity contribution in [1.29, 1.82) is 0 Å². The minimum Gasteiger partial charge on any atom is -0.478 e. The number of H-pyrrole nitrogens is 1. The number of carbonyl (C=O) groups is 3. The number of carbonyl (C=O) groups excluding carboxylic acids is 2. The summed E-state index contributed by atoms with van der Waals surface area (Å²) in [5.41, 5.74) is -0.717. The van der Waals surface area contributed by atoms with Gasteiger partial charge in [-0.1, -0.05) is 18.2 Å². The van der Waals surface area contributed by atoms with Gasteiger partial charge in [0.1, 0.15) is 0 Å². The number of anilines is 1. The van der Waals surface area contributed by atoms with Crippen LogP contribution in [0.1, 0.15) is 37.4 Å². The third kappa shape index (κ3) is 6.46. The second-order valence-electron chi connectivity index (χ2n) is 9.85. The molecule has 12 nitrogen and oxygen atoms in total. The van der Waals surface area contributed by atoms with Crippen molar-refractivity contribution < 1.29 is 32.7 Å². The van der Waals surface area contributed by atoms with Crippen LogP contribution in [0.3, 0.4) is 0 Å². The number of urea groups is 1. The number of carboxylic acids is 1. The van der Waals surface area contributed by atoms with Crippen LogP contribution in [0.5, 0.6) is 0 Å². The van der Waals surface area contributed by atoms with Gasteiger partial charge in [0.05, 0.1) is 27.8 Å². The van der Waals surface area contributed by atoms with Crippen molar-refractivity contribution in [2.45, 2.75) is 19.6 Å². The van der Waals surface area contributed by atoms with Crippen molar-refractivity contribution in [3.05, 3.63) is 128 Å². The number of aromatic amines is 1. The maximum atomic E-state index is 14.2. The predicted octanol–water partition coefficient (Wildman–Crippen LogP) is 4.21. The van der Waals surface area contributed by atoms with Crippen LogP contribution in [0, 0.1) is 6.92 Å². The van der Waals surface area contributed by atoms with E-state index in [9.17, 15) is 37.1 Å². The highest BCUT2D eigenvalue weighted by Gasteiger charge is 2.35. The highest BCUT2D eigenvalue weighted by Crippen LogP contribution is 2.36. The second kappa shape index (κ2) is 11.9. The third-order valence-corrected chi connectivity index (χ3v) is 6.78. The van der Waals surface area contributed by atoms with Crippen LogP contribution in [0.25, 0.3) is 16.7 Å². The van der Waals surface area contributed by atoms with Gasteiger partial charge in [-0.25, -0.2) is 14.3 Å². The molecule has 0 fully saturated rings. The van der Waals surface area contributed by atoms with Crippen molar-refractivity contribution in [3.63, 3.8) is 0 Å². The van der Waals surface area contributed by atoms with Crippen LogP contribution in [-0.2, 0) is 12.7 Å². The minimum absolute atomic E-state index is 0.0336. The lowest BCUT2D eigenvalue weighted by molar-refractivity contribution is -0.137. The van der Waals surface area contributed by atoms with E-state index in [1.807, 2.05) is 0 Å². The Morgan fingerprint density at radius 3 is 2.36 bits per heavy atom. The number of rotatable bonds is 7. The number of benzene rings is 3. The summed E-state index contributed by atoms with van der Waals surface area (Å²) in [5, 5.41) is 14.1. The molecule has 5 aromatic rings. The molecule has 45 heavy (non-hydrogen) atoms. The summed E-state index contributed by atoms with van der Waals surface area (Å²) in [7, 11) is 0. The maximum Gasteiger partial charge on any atom is 0.418 e. The molecule has 0 bridgehead atoms. The summed E-state index contributed by atoms with van der Waals surface area (Å²) < 4.78 is 44.4. The quantitative estimate of drug-likeness (QED) is 0.171. The number of aromatic carboxylic acids is 1. The number of hydrogen-bond donors (Lipinski definition) is 5. The minimum atomic E-state index is -4.88. The van der Waals surface area contributed by atoms with E-state index < -0.39 is 46.5 Å². The summed E-state index contributed by atoms with van der Waals surface area (Å²) >= 11 is 0. The molecule has 0 aliphatic heterocycles. The number of alkyl halides is 3. The first kappa shape index (κ1) is 30.3. The topological polar surface area (TPSA) is 167 Å². The molecule has 2 heterocycles. The molecule has 15 heteroatoms. The summed E-state index contributed by atoms with van der Waals surface area (Å²) in [5.74, 6) is -1.88. The number of aromatic nitrogens is 3. The fraction of sp³-hybridized carbons (Fsp3) is 0.100. The maximum absolute atomic E-state index is 14.2. The van der Waals surface area contributed by atoms with Crippen LogP contribution in [-0.4, -0.2) is 37.2 Å². The Hall–Kier alpha value is -6.12. The number of nitrogens with zero attached hydrogens (tertiary/aromatic N) is 2. The Kier molecular flexibility index (Phi) is 8.00. The molecule has 5 N–H and O–H groups in total. The van der Waals surface area contributed by atoms with Gasteiger partial charge in [-0.15, -0.1) is 0 Å². The van der Waals surface area contributed by atoms with Crippen molar-refractivity contribution >= 4 is 34.6 Å². The van der Waals surface area contributed by atoms with E-state index in [1.54, 1.807) is 25.1 Å². The second-order valence-corrected chi connectivity index (χ2v) is 9.85. The smallest absolute Gasteiger partial charge is 0.418 e. The lowest BCUT2D eigenvalue weighted by Crippen LogP contribution is -2.42. The zero-order chi connectivity index (χ0) is 32.5. The van der Waals surface area contributed by atoms with Gasteiger partial charge in [0, 0.05) is 30.2 Å². The number of hydrogen-bond acceptors (Lipinski definition) is 5. The molecule has 3 aromatic carbocycles. The fourth-order valence-corrected chi connectivity index (χ4v) is 4.54. The highest BCUT2D eigenvalue weighted by molar-refractivity contribution is 6.02. The Morgan fingerprint density at radius 1 is 0.978 bits per heavy atom. The zero-order valence-corrected chi connectivity index (χ0v) is 23.2. The van der Waals surface area contributed by atoms with Crippen LogP contribution < -0.4 is 27.2 Å². The fourth-order valence-electron chi connectivity index (χ4n) is 4.54. The zero-order valence-electron chi connectivity index (χ0n) is 23.2. The Balaban J connectivity index is 1.45. The van der Waals surface area contributed by atoms with E-state index in [0.29, 0.717) is 27.6 Å². The molecule has 0 spiro atoms. The molecule has 0 aliphatic carbocycles. The van der Waals surface area contributed by atoms with Crippen LogP contribution >= 0.6 is 0 Å². The van der Waals surface area contributed by atoms with E-state index in [2.05, 4.69) is 21.0 Å². The predicted molar refractivity (Wildman–Crippen MR) is 157 cm³/mol. The molecule has 0 radical (unpaired) electrons. The molecule has 230 valence electrons. The molecular weight excluding hydrogens is 597 g/mol. The first-order chi connectivity index (χ1) is 21.3. The average molecular weight is 621 g/mol. The van der Waals surface area contributed by atoms with Crippen molar-refractivity contribution in [3.8, 4) is 5.69 Å². The number of nitrogens with one attached hydrogen (secondary N) is 4. The molecular formula is C30H23F3N6O6. The molecule has 0 unspecified atom stereocenters. The Labute approximate surface area is 250 Å². The van der Waals surface area contributed by atoms with Gasteiger partial charge in [-0.05, 0) is 66.6 Å². The number of amides is 3. The van der Waals surface area contributed by atoms with Crippen molar-refractivity contribution in [1.82, 2.24) is 19.5 Å². The number of carboxylic acid groups (broad SMARTS) is 1. The summed E-state index contributed by atoms with van der Waals surface area (Å²) in [6, 6.07) is 14.3. The normalized spacial score (nSPS) is 11.3. The summed E-state index contributed by atoms with van der Waals surface area (Å²) in [6.45, 7) is 1.56. The van der Waals surface area contributed by atoms with E-state index in [0.717, 1.165) is 10.6 Å². The standard InChI is InChI=1S/C30H23F3N6O6/c1-16-4-2-3-5-20(16)25(40)37-39-24-13-23(21(30(31,32)33)12-22(24)36-26(41)27(39)42)38-11-10-17(15-38)14-34-29(45)35-19-8-6-18(7-9-19)28(43)44/h2-13,15H,14H2,1H3,(H,36,41)(H,37,40)(H,43,44)(H2,34,35,45). The molecule has 5 rings (SSSR count). The van der Waals surface area contributed by atoms with Crippen molar-refractivity contribution in [2.24, 2.45) is 0 Å². The molecule has 3 amide bonds. The molecule has 0 saturated heterocycles. The summed E-state index contributed by atoms with van der Waals surface area (Å²) in [6.07, 6.45) is -2.24. The SMILES string of the molecule is Cc1ccccc1C(=O)Nn1c(=O)c(=O)[nH]c2cc(C(F)(F)F)c(-n3ccc(CNC(=O)Nc4ccc(C(=O)O)cc4)c3)cc21. The largest absolute Gasteiger partial charge is 0.478 e.